The van der Waals surface area contributed by atoms with Crippen LogP contribution in [0.1, 0.15) is 39.1 Å². The molecule has 3 nitrogen and oxygen atoms in total. The van der Waals surface area contributed by atoms with Crippen LogP contribution >= 0.6 is 23.3 Å². The summed E-state index contributed by atoms with van der Waals surface area (Å²) in [6.45, 7) is 8.73. The van der Waals surface area contributed by atoms with Crippen LogP contribution in [0.3, 0.4) is 0 Å². The Balaban J connectivity index is 2.20. The summed E-state index contributed by atoms with van der Waals surface area (Å²) in [6.07, 6.45) is 0.818. The maximum atomic E-state index is 14.1. The van der Waals surface area contributed by atoms with E-state index in [0.717, 1.165) is 21.5 Å². The molecule has 0 aliphatic rings. The second-order valence-electron chi connectivity index (χ2n) is 5.75. The third kappa shape index (κ3) is 4.76. The number of rotatable bonds is 5. The van der Waals surface area contributed by atoms with Gasteiger partial charge >= 0.3 is 0 Å². The van der Waals surface area contributed by atoms with Crippen LogP contribution in [0.4, 0.5) is 4.39 Å². The average molecular weight is 325 g/mol. The zero-order valence-corrected chi connectivity index (χ0v) is 14.4. The van der Waals surface area contributed by atoms with E-state index < -0.39 is 0 Å². The van der Waals surface area contributed by atoms with Crippen molar-refractivity contribution in [3.8, 4) is 0 Å². The fraction of sp³-hybridized carbons (Fsp3) is 0.467. The van der Waals surface area contributed by atoms with Crippen LogP contribution in [0.25, 0.3) is 0 Å². The van der Waals surface area contributed by atoms with E-state index in [1.807, 2.05) is 13.0 Å². The third-order valence-corrected chi connectivity index (χ3v) is 4.73. The summed E-state index contributed by atoms with van der Waals surface area (Å²) in [7, 11) is 0. The molecule has 0 fully saturated rings. The van der Waals surface area contributed by atoms with Crippen molar-refractivity contribution in [3.63, 3.8) is 0 Å². The Bertz CT molecular complexity index is 605. The first kappa shape index (κ1) is 16.4. The molecule has 6 heteroatoms. The van der Waals surface area contributed by atoms with E-state index in [2.05, 4.69) is 35.4 Å². The van der Waals surface area contributed by atoms with Gasteiger partial charge < -0.3 is 5.32 Å². The van der Waals surface area contributed by atoms with Crippen LogP contribution in [0, 0.1) is 5.82 Å². The Morgan fingerprint density at radius 1 is 1.33 bits per heavy atom. The van der Waals surface area contributed by atoms with Gasteiger partial charge in [-0.15, -0.1) is 0 Å². The molecule has 0 atom stereocenters. The predicted molar refractivity (Wildman–Crippen MR) is 86.4 cm³/mol. The normalized spacial score (nSPS) is 11.9. The fourth-order valence-corrected chi connectivity index (χ4v) is 3.49. The van der Waals surface area contributed by atoms with Crippen LogP contribution in [0.2, 0.25) is 0 Å². The molecule has 0 aliphatic carbocycles. The van der Waals surface area contributed by atoms with Crippen molar-refractivity contribution < 1.29 is 4.39 Å². The number of nitrogens with zero attached hydrogens (tertiary/aromatic N) is 2. The third-order valence-electron chi connectivity index (χ3n) is 2.83. The molecule has 0 saturated carbocycles. The minimum Gasteiger partial charge on any atom is -0.308 e. The van der Waals surface area contributed by atoms with Crippen molar-refractivity contribution in [1.29, 1.82) is 0 Å². The molecule has 1 aromatic heterocycles. The number of hydrogen-bond donors (Lipinski definition) is 1. The fourth-order valence-electron chi connectivity index (χ4n) is 1.68. The molecule has 0 radical (unpaired) electrons. The zero-order chi connectivity index (χ0) is 15.5. The largest absolute Gasteiger partial charge is 0.308 e. The standard InChI is InChI=1S/C15H20FN3S2/c1-5-13-18-14(21-19-13)20-12-8-6-7-11(16)10(12)9-17-15(2,3)4/h6-8,17H,5,9H2,1-4H3. The molecule has 0 unspecified atom stereocenters. The van der Waals surface area contributed by atoms with Crippen LogP contribution < -0.4 is 5.32 Å². The second-order valence-corrected chi connectivity index (χ2v) is 7.79. The van der Waals surface area contributed by atoms with Crippen molar-refractivity contribution in [2.45, 2.75) is 55.4 Å². The van der Waals surface area contributed by atoms with E-state index in [4.69, 9.17) is 0 Å². The summed E-state index contributed by atoms with van der Waals surface area (Å²) >= 11 is 2.85. The Morgan fingerprint density at radius 2 is 2.10 bits per heavy atom. The van der Waals surface area contributed by atoms with Crippen LogP contribution in [0.15, 0.2) is 27.4 Å². The van der Waals surface area contributed by atoms with Crippen LogP contribution in [-0.2, 0) is 13.0 Å². The number of hydrogen-bond acceptors (Lipinski definition) is 5. The SMILES string of the molecule is CCc1nsc(Sc2cccc(F)c2CNC(C)(C)C)n1. The first-order valence-electron chi connectivity index (χ1n) is 6.92. The molecule has 0 saturated heterocycles. The molecular formula is C15H20FN3S2. The van der Waals surface area contributed by atoms with Crippen LogP contribution in [-0.4, -0.2) is 14.9 Å². The molecule has 1 N–H and O–H groups in total. The van der Waals surface area contributed by atoms with Gasteiger partial charge in [0.2, 0.25) is 0 Å². The van der Waals surface area contributed by atoms with E-state index in [-0.39, 0.29) is 11.4 Å². The number of halogens is 1. The topological polar surface area (TPSA) is 37.8 Å². The first-order chi connectivity index (χ1) is 9.89. The lowest BCUT2D eigenvalue weighted by atomic mass is 10.1. The maximum Gasteiger partial charge on any atom is 0.174 e. The quantitative estimate of drug-likeness (QED) is 0.890. The molecule has 114 valence electrons. The molecule has 2 aromatic rings. The molecule has 0 bridgehead atoms. The minimum absolute atomic E-state index is 0.0532. The molecule has 0 amide bonds. The lowest BCUT2D eigenvalue weighted by Gasteiger charge is -2.21. The smallest absolute Gasteiger partial charge is 0.174 e. The Labute approximate surface area is 133 Å². The van der Waals surface area contributed by atoms with Gasteiger partial charge in [-0.2, -0.15) is 4.37 Å². The van der Waals surface area contributed by atoms with Gasteiger partial charge in [-0.1, -0.05) is 24.8 Å². The van der Waals surface area contributed by atoms with Gasteiger partial charge in [0.05, 0.1) is 0 Å². The number of benzene rings is 1. The van der Waals surface area contributed by atoms with E-state index in [1.54, 1.807) is 6.07 Å². The summed E-state index contributed by atoms with van der Waals surface area (Å²) < 4.78 is 19.2. The van der Waals surface area contributed by atoms with E-state index in [9.17, 15) is 4.39 Å². The average Bonchev–Trinajstić information content (AvgIpc) is 2.84. The van der Waals surface area contributed by atoms with Gasteiger partial charge in [0.15, 0.2) is 4.34 Å². The summed E-state index contributed by atoms with van der Waals surface area (Å²) in [5.74, 6) is 0.658. The highest BCUT2D eigenvalue weighted by Crippen LogP contribution is 2.33. The highest BCUT2D eigenvalue weighted by atomic mass is 32.2. The maximum absolute atomic E-state index is 14.1. The van der Waals surface area contributed by atoms with Gasteiger partial charge in [-0.3, -0.25) is 0 Å². The number of nitrogens with one attached hydrogen (secondary N) is 1. The van der Waals surface area contributed by atoms with Gasteiger partial charge in [-0.25, -0.2) is 9.37 Å². The number of aryl methyl sites for hydroxylation is 1. The van der Waals surface area contributed by atoms with Crippen molar-refractivity contribution in [3.05, 3.63) is 35.4 Å². The highest BCUT2D eigenvalue weighted by molar-refractivity contribution is 8.01. The van der Waals surface area contributed by atoms with Crippen molar-refractivity contribution >= 4 is 23.3 Å². The van der Waals surface area contributed by atoms with Gasteiger partial charge in [0, 0.05) is 29.0 Å². The minimum atomic E-state index is -0.183. The highest BCUT2D eigenvalue weighted by Gasteiger charge is 2.15. The van der Waals surface area contributed by atoms with Crippen molar-refractivity contribution in [1.82, 2.24) is 14.7 Å². The van der Waals surface area contributed by atoms with E-state index in [1.165, 1.54) is 29.4 Å². The molecule has 0 aliphatic heterocycles. The van der Waals surface area contributed by atoms with Gasteiger partial charge in [-0.05, 0) is 44.4 Å². The monoisotopic (exact) mass is 325 g/mol. The van der Waals surface area contributed by atoms with Gasteiger partial charge in [0.25, 0.3) is 0 Å². The Morgan fingerprint density at radius 3 is 2.71 bits per heavy atom. The molecule has 2 rings (SSSR count). The molecular weight excluding hydrogens is 305 g/mol. The van der Waals surface area contributed by atoms with E-state index in [0.29, 0.717) is 12.1 Å². The Kier molecular flexibility index (Phi) is 5.35. The summed E-state index contributed by atoms with van der Waals surface area (Å²) in [4.78, 5) is 5.33. The lowest BCUT2D eigenvalue weighted by Crippen LogP contribution is -2.35. The lowest BCUT2D eigenvalue weighted by molar-refractivity contribution is 0.416. The molecule has 0 spiro atoms. The zero-order valence-electron chi connectivity index (χ0n) is 12.7. The summed E-state index contributed by atoms with van der Waals surface area (Å²) in [6, 6.07) is 5.17. The number of aromatic nitrogens is 2. The second kappa shape index (κ2) is 6.85. The Hall–Kier alpha value is -0.980. The summed E-state index contributed by atoms with van der Waals surface area (Å²) in [5, 5.41) is 3.34. The predicted octanol–water partition coefficient (Wildman–Crippen LogP) is 4.28. The van der Waals surface area contributed by atoms with Gasteiger partial charge in [0.1, 0.15) is 11.6 Å². The molecule has 21 heavy (non-hydrogen) atoms. The van der Waals surface area contributed by atoms with Crippen molar-refractivity contribution in [2.24, 2.45) is 0 Å². The summed E-state index contributed by atoms with van der Waals surface area (Å²) in [5.41, 5.74) is 0.633. The molecule has 1 aromatic carbocycles. The van der Waals surface area contributed by atoms with Crippen LogP contribution in [0.5, 0.6) is 0 Å². The van der Waals surface area contributed by atoms with Crippen molar-refractivity contribution in [2.75, 3.05) is 0 Å². The van der Waals surface area contributed by atoms with E-state index >= 15 is 0 Å². The first-order valence-corrected chi connectivity index (χ1v) is 8.51. The molecule has 1 heterocycles.